The highest BCUT2D eigenvalue weighted by atomic mass is 32.2. The lowest BCUT2D eigenvalue weighted by Crippen LogP contribution is -2.21. The van der Waals surface area contributed by atoms with Crippen LogP contribution in [0.5, 0.6) is 0 Å². The van der Waals surface area contributed by atoms with Gasteiger partial charge in [0.1, 0.15) is 0 Å². The van der Waals surface area contributed by atoms with Crippen molar-refractivity contribution in [2.75, 3.05) is 15.4 Å². The van der Waals surface area contributed by atoms with E-state index in [-0.39, 0.29) is 10.6 Å². The molecule has 0 saturated carbocycles. The van der Waals surface area contributed by atoms with Gasteiger partial charge in [-0.2, -0.15) is 0 Å². The molecule has 150 valence electrons. The zero-order valence-electron chi connectivity index (χ0n) is 15.9. The Morgan fingerprint density at radius 3 is 2.07 bits per heavy atom. The number of benzene rings is 4. The number of carbonyl (C=O) groups excluding carboxylic acids is 1. The third-order valence-corrected chi connectivity index (χ3v) is 5.91. The number of amides is 2. The Kier molecular flexibility index (Phi) is 5.36. The minimum absolute atomic E-state index is 0.171. The quantitative estimate of drug-likeness (QED) is 0.413. The second-order valence-corrected chi connectivity index (χ2v) is 8.22. The summed E-state index contributed by atoms with van der Waals surface area (Å²) < 4.78 is 28.8. The van der Waals surface area contributed by atoms with Crippen LogP contribution in [0, 0.1) is 0 Å². The maximum atomic E-state index is 13.1. The van der Waals surface area contributed by atoms with Gasteiger partial charge in [0, 0.05) is 11.1 Å². The monoisotopic (exact) mass is 417 g/mol. The summed E-state index contributed by atoms with van der Waals surface area (Å²) in [4.78, 5) is 12.5. The van der Waals surface area contributed by atoms with Gasteiger partial charge in [0.25, 0.3) is 10.0 Å². The van der Waals surface area contributed by atoms with Gasteiger partial charge in [0.2, 0.25) is 0 Å². The summed E-state index contributed by atoms with van der Waals surface area (Å²) in [5, 5.41) is 6.85. The van der Waals surface area contributed by atoms with Gasteiger partial charge in [-0.25, -0.2) is 13.2 Å². The topological polar surface area (TPSA) is 87.3 Å². The van der Waals surface area contributed by atoms with Crippen LogP contribution in [0.4, 0.5) is 21.9 Å². The number of carbonyl (C=O) groups is 1. The van der Waals surface area contributed by atoms with Crippen molar-refractivity contribution in [3.63, 3.8) is 0 Å². The van der Waals surface area contributed by atoms with E-state index in [0.717, 1.165) is 5.39 Å². The Morgan fingerprint density at radius 2 is 1.27 bits per heavy atom. The highest BCUT2D eigenvalue weighted by molar-refractivity contribution is 7.93. The van der Waals surface area contributed by atoms with Crippen LogP contribution < -0.4 is 15.4 Å². The molecule has 0 unspecified atom stereocenters. The van der Waals surface area contributed by atoms with Crippen molar-refractivity contribution >= 4 is 43.9 Å². The molecule has 7 heteroatoms. The summed E-state index contributed by atoms with van der Waals surface area (Å²) in [6.45, 7) is 0. The lowest BCUT2D eigenvalue weighted by atomic mass is 10.1. The summed E-state index contributed by atoms with van der Waals surface area (Å²) in [6.07, 6.45) is 0. The van der Waals surface area contributed by atoms with E-state index >= 15 is 0 Å². The Balaban J connectivity index is 1.60. The maximum Gasteiger partial charge on any atom is 0.323 e. The minimum atomic E-state index is -3.88. The minimum Gasteiger partial charge on any atom is -0.308 e. The van der Waals surface area contributed by atoms with Crippen molar-refractivity contribution in [2.24, 2.45) is 0 Å². The summed E-state index contributed by atoms with van der Waals surface area (Å²) >= 11 is 0. The Labute approximate surface area is 174 Å². The second kappa shape index (κ2) is 8.26. The number of rotatable bonds is 5. The zero-order chi connectivity index (χ0) is 21.0. The Bertz CT molecular complexity index is 1300. The van der Waals surface area contributed by atoms with Crippen LogP contribution in [0.3, 0.4) is 0 Å². The fourth-order valence-corrected chi connectivity index (χ4v) is 4.43. The molecule has 0 aliphatic carbocycles. The SMILES string of the molecule is O=C(Nc1ccccc1)Nc1ccccc1NS(=O)(=O)c1cccc2ccccc12. The number of hydrogen-bond donors (Lipinski definition) is 3. The van der Waals surface area contributed by atoms with Gasteiger partial charge < -0.3 is 10.6 Å². The predicted octanol–water partition coefficient (Wildman–Crippen LogP) is 5.28. The molecule has 0 aliphatic heterocycles. The summed E-state index contributed by atoms with van der Waals surface area (Å²) in [5.41, 5.74) is 1.24. The molecule has 3 N–H and O–H groups in total. The average Bonchev–Trinajstić information content (AvgIpc) is 2.75. The van der Waals surface area contributed by atoms with Crippen molar-refractivity contribution in [3.05, 3.63) is 97.1 Å². The van der Waals surface area contributed by atoms with Gasteiger partial charge in [-0.1, -0.05) is 66.7 Å². The Morgan fingerprint density at radius 1 is 0.633 bits per heavy atom. The van der Waals surface area contributed by atoms with Gasteiger partial charge in [0.05, 0.1) is 16.3 Å². The van der Waals surface area contributed by atoms with Gasteiger partial charge >= 0.3 is 6.03 Å². The summed E-state index contributed by atoms with van der Waals surface area (Å²) in [6, 6.07) is 27.5. The summed E-state index contributed by atoms with van der Waals surface area (Å²) in [7, 11) is -3.88. The van der Waals surface area contributed by atoms with E-state index in [1.807, 2.05) is 36.4 Å². The first-order valence-corrected chi connectivity index (χ1v) is 10.7. The van der Waals surface area contributed by atoms with Gasteiger partial charge in [-0.05, 0) is 35.7 Å². The van der Waals surface area contributed by atoms with Crippen molar-refractivity contribution in [1.82, 2.24) is 0 Å². The van der Waals surface area contributed by atoms with Gasteiger partial charge in [-0.3, -0.25) is 4.72 Å². The van der Waals surface area contributed by atoms with E-state index in [2.05, 4.69) is 15.4 Å². The number of anilines is 3. The second-order valence-electron chi connectivity index (χ2n) is 6.57. The molecule has 0 fully saturated rings. The number of urea groups is 1. The molecule has 0 aliphatic rings. The van der Waals surface area contributed by atoms with E-state index < -0.39 is 16.1 Å². The highest BCUT2D eigenvalue weighted by Gasteiger charge is 2.19. The van der Waals surface area contributed by atoms with Crippen LogP contribution in [-0.2, 0) is 10.0 Å². The van der Waals surface area contributed by atoms with E-state index in [1.165, 1.54) is 0 Å². The Hall–Kier alpha value is -3.84. The lowest BCUT2D eigenvalue weighted by molar-refractivity contribution is 0.262. The van der Waals surface area contributed by atoms with Crippen LogP contribution in [-0.4, -0.2) is 14.4 Å². The number of fused-ring (bicyclic) bond motifs is 1. The van der Waals surface area contributed by atoms with Crippen molar-refractivity contribution in [3.8, 4) is 0 Å². The molecular formula is C23H19N3O3S. The molecule has 30 heavy (non-hydrogen) atoms. The molecular weight excluding hydrogens is 398 g/mol. The molecule has 0 saturated heterocycles. The molecule has 0 radical (unpaired) electrons. The van der Waals surface area contributed by atoms with Crippen LogP contribution in [0.1, 0.15) is 0 Å². The van der Waals surface area contributed by atoms with E-state index in [9.17, 15) is 13.2 Å². The smallest absolute Gasteiger partial charge is 0.308 e. The highest BCUT2D eigenvalue weighted by Crippen LogP contribution is 2.28. The predicted molar refractivity (Wildman–Crippen MR) is 120 cm³/mol. The fraction of sp³-hybridized carbons (Fsp3) is 0. The number of nitrogens with one attached hydrogen (secondary N) is 3. The van der Waals surface area contributed by atoms with E-state index in [4.69, 9.17) is 0 Å². The first kappa shape index (κ1) is 19.5. The normalized spacial score (nSPS) is 11.1. The molecule has 0 atom stereocenters. The van der Waals surface area contributed by atoms with Crippen LogP contribution >= 0.6 is 0 Å². The fourth-order valence-electron chi connectivity index (χ4n) is 3.12. The van der Waals surface area contributed by atoms with Crippen LogP contribution in [0.15, 0.2) is 102 Å². The van der Waals surface area contributed by atoms with Crippen molar-refractivity contribution < 1.29 is 13.2 Å². The molecule has 0 bridgehead atoms. The molecule has 0 spiro atoms. The van der Waals surface area contributed by atoms with Gasteiger partial charge in [0.15, 0.2) is 0 Å². The first-order chi connectivity index (χ1) is 14.5. The summed E-state index contributed by atoms with van der Waals surface area (Å²) in [5.74, 6) is 0. The van der Waals surface area contributed by atoms with E-state index in [0.29, 0.717) is 16.8 Å². The molecule has 0 aromatic heterocycles. The maximum absolute atomic E-state index is 13.1. The van der Waals surface area contributed by atoms with Gasteiger partial charge in [-0.15, -0.1) is 0 Å². The first-order valence-electron chi connectivity index (χ1n) is 9.26. The molecule has 4 aromatic rings. The standard InChI is InChI=1S/C23H19N3O3S/c27-23(24-18-11-2-1-3-12-18)25-20-14-6-7-15-21(20)26-30(28,29)22-16-8-10-17-9-4-5-13-19(17)22/h1-16,26H,(H2,24,25,27). The van der Waals surface area contributed by atoms with E-state index in [1.54, 1.807) is 60.7 Å². The molecule has 0 heterocycles. The van der Waals surface area contributed by atoms with Crippen molar-refractivity contribution in [1.29, 1.82) is 0 Å². The van der Waals surface area contributed by atoms with Crippen LogP contribution in [0.2, 0.25) is 0 Å². The van der Waals surface area contributed by atoms with Crippen LogP contribution in [0.25, 0.3) is 10.8 Å². The average molecular weight is 417 g/mol. The molecule has 6 nitrogen and oxygen atoms in total. The third kappa shape index (κ3) is 4.26. The molecule has 2 amide bonds. The molecule has 4 aromatic carbocycles. The third-order valence-electron chi connectivity index (χ3n) is 4.49. The number of sulfonamides is 1. The largest absolute Gasteiger partial charge is 0.323 e. The number of para-hydroxylation sites is 3. The molecule has 4 rings (SSSR count). The zero-order valence-corrected chi connectivity index (χ0v) is 16.7. The van der Waals surface area contributed by atoms with Crippen molar-refractivity contribution in [2.45, 2.75) is 4.90 Å². The number of hydrogen-bond acceptors (Lipinski definition) is 3. The lowest BCUT2D eigenvalue weighted by Gasteiger charge is -2.15.